The number of benzene rings is 1. The molecule has 0 radical (unpaired) electrons. The van der Waals surface area contributed by atoms with Gasteiger partial charge >= 0.3 is 0 Å². The molecule has 1 aromatic carbocycles. The van der Waals surface area contributed by atoms with E-state index >= 15 is 0 Å². The second-order valence-corrected chi connectivity index (χ2v) is 3.59. The van der Waals surface area contributed by atoms with Gasteiger partial charge < -0.3 is 0 Å². The number of hydrogen-bond acceptors (Lipinski definition) is 1. The summed E-state index contributed by atoms with van der Waals surface area (Å²) in [5, 5.41) is 0. The van der Waals surface area contributed by atoms with Gasteiger partial charge in [0.15, 0.2) is 5.78 Å². The van der Waals surface area contributed by atoms with Crippen LogP contribution in [0.25, 0.3) is 6.08 Å². The number of halogens is 2. The van der Waals surface area contributed by atoms with E-state index in [9.17, 15) is 13.6 Å². The quantitative estimate of drug-likeness (QED) is 0.700. The maximum absolute atomic E-state index is 12.8. The van der Waals surface area contributed by atoms with Crippen molar-refractivity contribution in [2.24, 2.45) is 5.92 Å². The van der Waals surface area contributed by atoms with Gasteiger partial charge in [-0.25, -0.2) is 8.78 Å². The highest BCUT2D eigenvalue weighted by molar-refractivity contribution is 5.94. The van der Waals surface area contributed by atoms with Crippen molar-refractivity contribution in [2.45, 2.75) is 13.8 Å². The summed E-state index contributed by atoms with van der Waals surface area (Å²) in [6, 6.07) is 3.14. The second-order valence-electron chi connectivity index (χ2n) is 3.59. The predicted octanol–water partition coefficient (Wildman–Crippen LogP) is 3.20. The van der Waals surface area contributed by atoms with Crippen LogP contribution >= 0.6 is 0 Å². The first-order valence-electron chi connectivity index (χ1n) is 4.67. The SMILES string of the molecule is CC(C)C(=O)C=Cc1cc(F)cc(F)c1. The number of rotatable bonds is 3. The van der Waals surface area contributed by atoms with Crippen LogP contribution in [-0.4, -0.2) is 5.78 Å². The van der Waals surface area contributed by atoms with Gasteiger partial charge in [0, 0.05) is 12.0 Å². The Kier molecular flexibility index (Phi) is 3.72. The van der Waals surface area contributed by atoms with Gasteiger partial charge in [-0.15, -0.1) is 0 Å². The molecule has 0 saturated carbocycles. The molecule has 0 amide bonds. The fourth-order valence-corrected chi connectivity index (χ4v) is 1.04. The third-order valence-corrected chi connectivity index (χ3v) is 1.89. The van der Waals surface area contributed by atoms with Crippen LogP contribution in [0.4, 0.5) is 8.78 Å². The minimum atomic E-state index is -0.647. The van der Waals surface area contributed by atoms with E-state index in [1.54, 1.807) is 13.8 Å². The smallest absolute Gasteiger partial charge is 0.158 e. The summed E-state index contributed by atoms with van der Waals surface area (Å²) in [6.07, 6.45) is 2.74. The van der Waals surface area contributed by atoms with Gasteiger partial charge in [-0.2, -0.15) is 0 Å². The van der Waals surface area contributed by atoms with Crippen LogP contribution in [0.5, 0.6) is 0 Å². The van der Waals surface area contributed by atoms with E-state index in [1.165, 1.54) is 24.3 Å². The first-order valence-corrected chi connectivity index (χ1v) is 4.67. The fourth-order valence-electron chi connectivity index (χ4n) is 1.04. The van der Waals surface area contributed by atoms with Crippen molar-refractivity contribution in [1.29, 1.82) is 0 Å². The molecule has 80 valence electrons. The van der Waals surface area contributed by atoms with Gasteiger partial charge in [-0.3, -0.25) is 4.79 Å². The van der Waals surface area contributed by atoms with E-state index in [0.29, 0.717) is 5.56 Å². The summed E-state index contributed by atoms with van der Waals surface area (Å²) in [5.74, 6) is -1.47. The van der Waals surface area contributed by atoms with Gasteiger partial charge in [-0.1, -0.05) is 19.9 Å². The minimum absolute atomic E-state index is 0.0698. The maximum atomic E-state index is 12.8. The first-order chi connectivity index (χ1) is 6.99. The summed E-state index contributed by atoms with van der Waals surface area (Å²) in [7, 11) is 0. The molecule has 0 bridgehead atoms. The van der Waals surface area contributed by atoms with E-state index in [0.717, 1.165) is 6.07 Å². The molecule has 0 aliphatic heterocycles. The Bertz CT molecular complexity index is 374. The topological polar surface area (TPSA) is 17.1 Å². The average Bonchev–Trinajstić information content (AvgIpc) is 2.12. The highest BCUT2D eigenvalue weighted by Crippen LogP contribution is 2.10. The molecule has 0 unspecified atom stereocenters. The van der Waals surface area contributed by atoms with E-state index in [1.807, 2.05) is 0 Å². The van der Waals surface area contributed by atoms with E-state index in [4.69, 9.17) is 0 Å². The minimum Gasteiger partial charge on any atom is -0.295 e. The number of carbonyl (C=O) groups is 1. The molecular weight excluding hydrogens is 198 g/mol. The molecule has 0 fully saturated rings. The Morgan fingerprint density at radius 2 is 1.73 bits per heavy atom. The maximum Gasteiger partial charge on any atom is 0.158 e. The molecule has 0 aliphatic rings. The molecule has 0 aromatic heterocycles. The average molecular weight is 210 g/mol. The summed E-state index contributed by atoms with van der Waals surface area (Å²) in [4.78, 5) is 11.2. The number of carbonyl (C=O) groups excluding carboxylic acids is 1. The molecule has 1 rings (SSSR count). The van der Waals surface area contributed by atoms with Crippen LogP contribution in [0.3, 0.4) is 0 Å². The molecule has 0 heterocycles. The number of hydrogen-bond donors (Lipinski definition) is 0. The zero-order valence-electron chi connectivity index (χ0n) is 8.63. The lowest BCUT2D eigenvalue weighted by molar-refractivity contribution is -0.117. The van der Waals surface area contributed by atoms with Crippen molar-refractivity contribution in [2.75, 3.05) is 0 Å². The lowest BCUT2D eigenvalue weighted by Crippen LogP contribution is -2.01. The summed E-state index contributed by atoms with van der Waals surface area (Å²) in [6.45, 7) is 3.53. The Morgan fingerprint density at radius 3 is 2.20 bits per heavy atom. The first kappa shape index (κ1) is 11.6. The van der Waals surface area contributed by atoms with Crippen molar-refractivity contribution in [3.8, 4) is 0 Å². The zero-order chi connectivity index (χ0) is 11.4. The lowest BCUT2D eigenvalue weighted by Gasteiger charge is -1.98. The monoisotopic (exact) mass is 210 g/mol. The highest BCUT2D eigenvalue weighted by Gasteiger charge is 2.02. The third-order valence-electron chi connectivity index (χ3n) is 1.89. The summed E-state index contributed by atoms with van der Waals surface area (Å²) < 4.78 is 25.5. The van der Waals surface area contributed by atoms with Crippen molar-refractivity contribution in [3.05, 3.63) is 41.5 Å². The van der Waals surface area contributed by atoms with Crippen molar-refractivity contribution < 1.29 is 13.6 Å². The predicted molar refractivity (Wildman–Crippen MR) is 55.2 cm³/mol. The van der Waals surface area contributed by atoms with Crippen molar-refractivity contribution in [3.63, 3.8) is 0 Å². The largest absolute Gasteiger partial charge is 0.295 e. The third kappa shape index (κ3) is 3.62. The Labute approximate surface area is 87.4 Å². The fraction of sp³-hybridized carbons (Fsp3) is 0.250. The van der Waals surface area contributed by atoms with Crippen LogP contribution in [0, 0.1) is 17.6 Å². The summed E-state index contributed by atoms with van der Waals surface area (Å²) in [5.41, 5.74) is 0.349. The van der Waals surface area contributed by atoms with Gasteiger partial charge in [0.2, 0.25) is 0 Å². The Balaban J connectivity index is 2.85. The highest BCUT2D eigenvalue weighted by atomic mass is 19.1. The molecule has 0 saturated heterocycles. The standard InChI is InChI=1S/C12H12F2O/c1-8(2)12(15)4-3-9-5-10(13)7-11(14)6-9/h3-8H,1-2H3. The second kappa shape index (κ2) is 4.82. The Hall–Kier alpha value is -1.51. The van der Waals surface area contributed by atoms with Gasteiger partial charge in [0.1, 0.15) is 11.6 Å². The van der Waals surface area contributed by atoms with E-state index in [2.05, 4.69) is 0 Å². The van der Waals surface area contributed by atoms with Gasteiger partial charge in [-0.05, 0) is 23.8 Å². The molecule has 0 N–H and O–H groups in total. The number of allylic oxidation sites excluding steroid dienone is 1. The molecule has 1 aromatic rings. The zero-order valence-corrected chi connectivity index (χ0v) is 8.63. The van der Waals surface area contributed by atoms with Crippen LogP contribution in [0.15, 0.2) is 24.3 Å². The van der Waals surface area contributed by atoms with E-state index < -0.39 is 11.6 Å². The number of ketones is 1. The van der Waals surface area contributed by atoms with Crippen LogP contribution in [-0.2, 0) is 4.79 Å². The van der Waals surface area contributed by atoms with Crippen LogP contribution in [0.1, 0.15) is 19.4 Å². The van der Waals surface area contributed by atoms with Crippen molar-refractivity contribution >= 4 is 11.9 Å². The molecule has 0 aliphatic carbocycles. The van der Waals surface area contributed by atoms with Crippen LogP contribution in [0.2, 0.25) is 0 Å². The molecule has 1 nitrogen and oxygen atoms in total. The Morgan fingerprint density at radius 1 is 1.20 bits per heavy atom. The van der Waals surface area contributed by atoms with Gasteiger partial charge in [0.05, 0.1) is 0 Å². The lowest BCUT2D eigenvalue weighted by atomic mass is 10.1. The van der Waals surface area contributed by atoms with E-state index in [-0.39, 0.29) is 11.7 Å². The molecule has 0 atom stereocenters. The molecule has 3 heteroatoms. The molecule has 15 heavy (non-hydrogen) atoms. The summed E-state index contributed by atoms with van der Waals surface area (Å²) >= 11 is 0. The van der Waals surface area contributed by atoms with Gasteiger partial charge in [0.25, 0.3) is 0 Å². The normalized spacial score (nSPS) is 11.3. The molecular formula is C12H12F2O. The van der Waals surface area contributed by atoms with Crippen LogP contribution < -0.4 is 0 Å². The van der Waals surface area contributed by atoms with Crippen molar-refractivity contribution in [1.82, 2.24) is 0 Å². The molecule has 0 spiro atoms.